The lowest BCUT2D eigenvalue weighted by atomic mass is 10.1. The van der Waals surface area contributed by atoms with Gasteiger partial charge in [-0.15, -0.1) is 0 Å². The fourth-order valence-electron chi connectivity index (χ4n) is 6.18. The van der Waals surface area contributed by atoms with Crippen LogP contribution in [-0.2, 0) is 0 Å². The van der Waals surface area contributed by atoms with Crippen LogP contribution < -0.4 is 18.9 Å². The number of ether oxygens (including phenoxy) is 4. The largest absolute Gasteiger partial charge is 0.507 e. The average Bonchev–Trinajstić information content (AvgIpc) is 3.25. The highest BCUT2D eigenvalue weighted by Crippen LogP contribution is 2.27. The lowest BCUT2D eigenvalue weighted by molar-refractivity contribution is 0.0732. The summed E-state index contributed by atoms with van der Waals surface area (Å²) in [5.41, 5.74) is 2.84. The maximum absolute atomic E-state index is 12.9. The topological polar surface area (TPSA) is 136 Å². The third kappa shape index (κ3) is 15.1. The summed E-state index contributed by atoms with van der Waals surface area (Å²) in [6, 6.07) is 29.6. The molecule has 0 saturated carbocycles. The Morgan fingerprint density at radius 2 is 0.883 bits per heavy atom. The third-order valence-corrected chi connectivity index (χ3v) is 9.68. The van der Waals surface area contributed by atoms with Gasteiger partial charge in [0, 0.05) is 41.8 Å². The van der Waals surface area contributed by atoms with Crippen molar-refractivity contribution < 1.29 is 38.7 Å². The molecule has 0 spiro atoms. The van der Waals surface area contributed by atoms with Crippen molar-refractivity contribution in [3.63, 3.8) is 0 Å². The van der Waals surface area contributed by atoms with E-state index in [1.54, 1.807) is 103 Å². The number of carbonyl (C=O) groups excluding carboxylic acids is 2. The summed E-state index contributed by atoms with van der Waals surface area (Å²) in [6.45, 7) is 5.63. The summed E-state index contributed by atoms with van der Waals surface area (Å²) in [4.78, 5) is 34.7. The van der Waals surface area contributed by atoms with Crippen molar-refractivity contribution in [1.29, 1.82) is 0 Å². The number of unbranched alkanes of at least 4 members (excludes halogenated alkanes) is 10. The molecule has 0 unspecified atom stereocenters. The minimum atomic E-state index is -0.597. The Balaban J connectivity index is 1.06. The number of hydrogen-bond acceptors (Lipinski definition) is 10. The van der Waals surface area contributed by atoms with Gasteiger partial charge in [-0.25, -0.2) is 9.59 Å². The fraction of sp³-hybridized carbons (Fsp3) is 0.320. The molecule has 0 radical (unpaired) electrons. The molecule has 0 bridgehead atoms. The zero-order valence-corrected chi connectivity index (χ0v) is 34.7. The number of nitrogens with zero attached hydrogens (tertiary/aromatic N) is 2. The molecule has 5 aromatic carbocycles. The van der Waals surface area contributed by atoms with E-state index in [-0.39, 0.29) is 23.0 Å². The first-order valence-corrected chi connectivity index (χ1v) is 21.1. The van der Waals surface area contributed by atoms with E-state index in [2.05, 4.69) is 23.8 Å². The summed E-state index contributed by atoms with van der Waals surface area (Å²) in [7, 11) is 0. The van der Waals surface area contributed by atoms with Gasteiger partial charge in [0.05, 0.1) is 35.7 Å². The number of phenolic OH excluding ortho intramolecular Hbond substituents is 2. The quantitative estimate of drug-likeness (QED) is 0.0272. The molecule has 2 N–H and O–H groups in total. The fourth-order valence-corrected chi connectivity index (χ4v) is 6.18. The first-order chi connectivity index (χ1) is 29.3. The maximum atomic E-state index is 12.9. The average molecular weight is 813 g/mol. The van der Waals surface area contributed by atoms with E-state index in [0.29, 0.717) is 58.3 Å². The molecule has 5 rings (SSSR count). The van der Waals surface area contributed by atoms with Gasteiger partial charge < -0.3 is 29.2 Å². The minimum Gasteiger partial charge on any atom is -0.507 e. The van der Waals surface area contributed by atoms with Crippen LogP contribution in [0.2, 0.25) is 0 Å². The number of esters is 2. The molecule has 0 fully saturated rings. The van der Waals surface area contributed by atoms with Gasteiger partial charge in [-0.3, -0.25) is 9.98 Å². The normalized spacial score (nSPS) is 11.2. The highest BCUT2D eigenvalue weighted by atomic mass is 16.5. The highest BCUT2D eigenvalue weighted by molar-refractivity contribution is 5.93. The third-order valence-electron chi connectivity index (χ3n) is 9.68. The summed E-state index contributed by atoms with van der Waals surface area (Å²) in [5.74, 6) is 0.568. The molecule has 5 aromatic rings. The number of aliphatic imine (C=N–C) groups is 2. The molecule has 0 aromatic heterocycles. The Morgan fingerprint density at radius 3 is 1.28 bits per heavy atom. The molecule has 314 valence electrons. The van der Waals surface area contributed by atoms with E-state index < -0.39 is 11.9 Å². The van der Waals surface area contributed by atoms with E-state index in [0.717, 1.165) is 25.7 Å². The minimum absolute atomic E-state index is 0.0655. The molecule has 0 aliphatic carbocycles. The monoisotopic (exact) mass is 812 g/mol. The second-order valence-electron chi connectivity index (χ2n) is 14.5. The second kappa shape index (κ2) is 24.5. The zero-order valence-electron chi connectivity index (χ0n) is 34.7. The van der Waals surface area contributed by atoms with Crippen molar-refractivity contribution in [1.82, 2.24) is 0 Å². The molecular weight excluding hydrogens is 757 g/mol. The smallest absolute Gasteiger partial charge is 0.343 e. The molecule has 0 aliphatic heterocycles. The Labute approximate surface area is 353 Å². The Bertz CT molecular complexity index is 2010. The second-order valence-corrected chi connectivity index (χ2v) is 14.5. The molecule has 0 atom stereocenters. The summed E-state index contributed by atoms with van der Waals surface area (Å²) in [6.07, 6.45) is 17.3. The van der Waals surface area contributed by atoms with Crippen molar-refractivity contribution in [2.24, 2.45) is 9.98 Å². The Hall–Kier alpha value is -6.42. The van der Waals surface area contributed by atoms with Crippen molar-refractivity contribution in [2.75, 3.05) is 13.2 Å². The number of carbonyl (C=O) groups is 2. The van der Waals surface area contributed by atoms with E-state index in [1.165, 1.54) is 57.4 Å². The molecule has 0 heterocycles. The SMILES string of the molecule is CCCCCCCCOc1ccc(C=Nc2ccc(C(=O)Oc3cccc(OC(=O)c4ccc(N=Cc5ccc(OCCCCCCCC)cc5O)cc4)c3)cc2)c(O)c1. The number of rotatable bonds is 24. The number of aromatic hydroxyl groups is 2. The van der Waals surface area contributed by atoms with Gasteiger partial charge in [0.2, 0.25) is 0 Å². The molecule has 0 aliphatic rings. The first kappa shape index (κ1) is 44.7. The van der Waals surface area contributed by atoms with Crippen LogP contribution in [0.4, 0.5) is 11.4 Å². The van der Waals surface area contributed by atoms with Gasteiger partial charge in [-0.2, -0.15) is 0 Å². The van der Waals surface area contributed by atoms with Gasteiger partial charge in [-0.1, -0.05) is 84.1 Å². The van der Waals surface area contributed by atoms with Crippen LogP contribution in [0.3, 0.4) is 0 Å². The van der Waals surface area contributed by atoms with Crippen LogP contribution in [0.25, 0.3) is 0 Å². The van der Waals surface area contributed by atoms with Crippen LogP contribution in [0.1, 0.15) is 123 Å². The van der Waals surface area contributed by atoms with Crippen molar-refractivity contribution in [2.45, 2.75) is 90.9 Å². The number of phenols is 2. The van der Waals surface area contributed by atoms with Crippen molar-refractivity contribution >= 4 is 35.7 Å². The highest BCUT2D eigenvalue weighted by Gasteiger charge is 2.13. The number of hydrogen-bond donors (Lipinski definition) is 2. The van der Waals surface area contributed by atoms with Gasteiger partial charge in [0.15, 0.2) is 0 Å². The van der Waals surface area contributed by atoms with Crippen LogP contribution in [-0.4, -0.2) is 47.8 Å². The van der Waals surface area contributed by atoms with E-state index in [9.17, 15) is 19.8 Å². The first-order valence-electron chi connectivity index (χ1n) is 21.1. The van der Waals surface area contributed by atoms with Gasteiger partial charge in [0.1, 0.15) is 34.5 Å². The zero-order chi connectivity index (χ0) is 42.4. The molecule has 10 heteroatoms. The maximum Gasteiger partial charge on any atom is 0.343 e. The summed E-state index contributed by atoms with van der Waals surface area (Å²) >= 11 is 0. The van der Waals surface area contributed by atoms with Crippen LogP contribution in [0.15, 0.2) is 119 Å². The predicted molar refractivity (Wildman–Crippen MR) is 238 cm³/mol. The summed E-state index contributed by atoms with van der Waals surface area (Å²) < 4.78 is 22.7. The van der Waals surface area contributed by atoms with Gasteiger partial charge in [-0.05, 0) is 97.8 Å². The molecule has 60 heavy (non-hydrogen) atoms. The van der Waals surface area contributed by atoms with Crippen LogP contribution in [0.5, 0.6) is 34.5 Å². The van der Waals surface area contributed by atoms with Crippen LogP contribution in [0, 0.1) is 0 Å². The Morgan fingerprint density at radius 1 is 0.483 bits per heavy atom. The van der Waals surface area contributed by atoms with Crippen molar-refractivity contribution in [3.8, 4) is 34.5 Å². The van der Waals surface area contributed by atoms with E-state index >= 15 is 0 Å². The lowest BCUT2D eigenvalue weighted by Crippen LogP contribution is -2.10. The molecule has 0 amide bonds. The standard InChI is InChI=1S/C50H56N2O8/c1-3-5-7-9-11-13-30-57-43-28-22-39(47(53)33-43)35-51-41-24-18-37(19-25-41)49(55)59-45-16-15-17-46(32-45)60-50(56)38-20-26-42(27-21-38)52-36-40-23-29-44(34-48(40)54)58-31-14-12-10-8-6-4-2/h15-29,32-36,53-54H,3-14,30-31H2,1-2H3. The lowest BCUT2D eigenvalue weighted by Gasteiger charge is -2.08. The molecule has 0 saturated heterocycles. The molecular formula is C50H56N2O8. The molecule has 10 nitrogen and oxygen atoms in total. The predicted octanol–water partition coefficient (Wildman–Crippen LogP) is 12.5. The van der Waals surface area contributed by atoms with E-state index in [4.69, 9.17) is 18.9 Å². The van der Waals surface area contributed by atoms with Crippen molar-refractivity contribution in [3.05, 3.63) is 131 Å². The van der Waals surface area contributed by atoms with E-state index in [1.807, 2.05) is 12.1 Å². The van der Waals surface area contributed by atoms with Gasteiger partial charge in [0.25, 0.3) is 0 Å². The number of benzene rings is 5. The summed E-state index contributed by atoms with van der Waals surface area (Å²) in [5, 5.41) is 21.0. The Kier molecular flexibility index (Phi) is 18.2. The van der Waals surface area contributed by atoms with Gasteiger partial charge >= 0.3 is 11.9 Å². The van der Waals surface area contributed by atoms with Crippen LogP contribution >= 0.6 is 0 Å².